The minimum absolute atomic E-state index is 0.283. The Bertz CT molecular complexity index is 1150. The Morgan fingerprint density at radius 3 is 2.47 bits per heavy atom. The zero-order valence-electron chi connectivity index (χ0n) is 18.1. The van der Waals surface area contributed by atoms with Gasteiger partial charge >= 0.3 is 6.03 Å². The molecule has 0 spiro atoms. The molecule has 4 aromatic rings. The molecular formula is C25H26N4O3. The lowest BCUT2D eigenvalue weighted by molar-refractivity contribution is 0.236. The Balaban J connectivity index is 1.51. The summed E-state index contributed by atoms with van der Waals surface area (Å²) in [5, 5.41) is 5.98. The van der Waals surface area contributed by atoms with Crippen LogP contribution in [-0.4, -0.2) is 30.2 Å². The summed E-state index contributed by atoms with van der Waals surface area (Å²) in [5.74, 6) is 2.23. The number of ether oxygens (including phenoxy) is 2. The Hall–Kier alpha value is -4.00. The van der Waals surface area contributed by atoms with Crippen molar-refractivity contribution in [2.24, 2.45) is 0 Å². The van der Waals surface area contributed by atoms with Crippen molar-refractivity contribution in [3.8, 4) is 11.5 Å². The van der Waals surface area contributed by atoms with Crippen LogP contribution in [-0.2, 0) is 13.0 Å². The average molecular weight is 431 g/mol. The van der Waals surface area contributed by atoms with E-state index in [0.717, 1.165) is 33.7 Å². The van der Waals surface area contributed by atoms with E-state index < -0.39 is 0 Å². The average Bonchev–Trinajstić information content (AvgIpc) is 3.27. The number of H-pyrrole nitrogens is 1. The summed E-state index contributed by atoms with van der Waals surface area (Å²) >= 11 is 0. The van der Waals surface area contributed by atoms with Gasteiger partial charge in [-0.1, -0.05) is 42.5 Å². The van der Waals surface area contributed by atoms with E-state index in [-0.39, 0.29) is 12.1 Å². The van der Waals surface area contributed by atoms with Crippen LogP contribution in [0.25, 0.3) is 11.0 Å². The second kappa shape index (κ2) is 9.87. The third kappa shape index (κ3) is 5.00. The molecule has 2 amide bonds. The van der Waals surface area contributed by atoms with Gasteiger partial charge in [-0.15, -0.1) is 0 Å². The molecule has 0 saturated heterocycles. The maximum Gasteiger partial charge on any atom is 0.315 e. The molecule has 0 aliphatic carbocycles. The number of carbonyl (C=O) groups excluding carboxylic acids is 1. The maximum absolute atomic E-state index is 12.8. The highest BCUT2D eigenvalue weighted by Crippen LogP contribution is 2.22. The number of nitrogens with zero attached hydrogens (tertiary/aromatic N) is 1. The Labute approximate surface area is 186 Å². The van der Waals surface area contributed by atoms with Gasteiger partial charge in [0.1, 0.15) is 17.3 Å². The molecule has 1 atom stereocenters. The number of imidazole rings is 1. The molecule has 1 aromatic heterocycles. The number of aromatic nitrogens is 2. The van der Waals surface area contributed by atoms with E-state index in [4.69, 9.17) is 14.5 Å². The number of hydrogen-bond donors (Lipinski definition) is 3. The van der Waals surface area contributed by atoms with E-state index in [1.54, 1.807) is 14.2 Å². The number of amides is 2. The van der Waals surface area contributed by atoms with Gasteiger partial charge in [-0.05, 0) is 42.3 Å². The molecule has 164 valence electrons. The van der Waals surface area contributed by atoms with Crippen LogP contribution in [0.4, 0.5) is 4.79 Å². The number of hydrogen-bond acceptors (Lipinski definition) is 4. The zero-order chi connectivity index (χ0) is 22.3. The quantitative estimate of drug-likeness (QED) is 0.387. The lowest BCUT2D eigenvalue weighted by atomic mass is 10.1. The van der Waals surface area contributed by atoms with Gasteiger partial charge in [-0.25, -0.2) is 9.78 Å². The standard InChI is InChI=1S/C25H26N4O3/c1-31-19-13-11-17(12-14-19)15-22(24-27-20-8-4-5-9-21(20)28-24)29-25(30)26-16-18-7-3-6-10-23(18)32-2/h3-14,22H,15-16H2,1-2H3,(H,27,28)(H2,26,29,30)/t22-/m1/s1. The van der Waals surface area contributed by atoms with Gasteiger partial charge in [0.05, 0.1) is 31.3 Å². The highest BCUT2D eigenvalue weighted by molar-refractivity contribution is 5.76. The monoisotopic (exact) mass is 430 g/mol. The van der Waals surface area contributed by atoms with Crippen LogP contribution in [0, 0.1) is 0 Å². The highest BCUT2D eigenvalue weighted by atomic mass is 16.5. The Morgan fingerprint density at radius 1 is 0.969 bits per heavy atom. The van der Waals surface area contributed by atoms with Crippen molar-refractivity contribution in [2.45, 2.75) is 19.0 Å². The van der Waals surface area contributed by atoms with E-state index in [9.17, 15) is 4.79 Å². The number of methoxy groups -OCH3 is 2. The SMILES string of the molecule is COc1ccc(C[C@@H](NC(=O)NCc2ccccc2OC)c2nc3ccccc3[nH]2)cc1. The number of fused-ring (bicyclic) bond motifs is 1. The third-order valence-electron chi connectivity index (χ3n) is 5.27. The van der Waals surface area contributed by atoms with Crippen LogP contribution in [0.15, 0.2) is 72.8 Å². The van der Waals surface area contributed by atoms with Crippen molar-refractivity contribution < 1.29 is 14.3 Å². The van der Waals surface area contributed by atoms with Crippen molar-refractivity contribution in [1.29, 1.82) is 0 Å². The van der Waals surface area contributed by atoms with Crippen LogP contribution in [0.1, 0.15) is 23.0 Å². The summed E-state index contributed by atoms with van der Waals surface area (Å²) < 4.78 is 10.6. The van der Waals surface area contributed by atoms with Crippen LogP contribution in [0.5, 0.6) is 11.5 Å². The summed E-state index contributed by atoms with van der Waals surface area (Å²) in [6.07, 6.45) is 0.575. The van der Waals surface area contributed by atoms with E-state index in [0.29, 0.717) is 18.8 Å². The molecule has 7 nitrogen and oxygen atoms in total. The molecule has 0 unspecified atom stereocenters. The van der Waals surface area contributed by atoms with Crippen LogP contribution >= 0.6 is 0 Å². The normalized spacial score (nSPS) is 11.7. The number of rotatable bonds is 8. The number of aromatic amines is 1. The summed E-state index contributed by atoms with van der Waals surface area (Å²) in [5.41, 5.74) is 3.75. The summed E-state index contributed by atoms with van der Waals surface area (Å²) in [7, 11) is 3.26. The van der Waals surface area contributed by atoms with Gasteiger partial charge in [-0.3, -0.25) is 0 Å². The molecule has 4 rings (SSSR count). The molecule has 0 aliphatic rings. The minimum atomic E-state index is -0.339. The molecule has 3 N–H and O–H groups in total. The predicted molar refractivity (Wildman–Crippen MR) is 124 cm³/mol. The first-order chi connectivity index (χ1) is 15.7. The molecule has 0 fully saturated rings. The van der Waals surface area contributed by atoms with Gasteiger partial charge in [0.15, 0.2) is 0 Å². The Morgan fingerprint density at radius 2 is 1.72 bits per heavy atom. The molecular weight excluding hydrogens is 404 g/mol. The minimum Gasteiger partial charge on any atom is -0.497 e. The predicted octanol–water partition coefficient (Wildman–Crippen LogP) is 4.36. The van der Waals surface area contributed by atoms with Crippen molar-refractivity contribution in [1.82, 2.24) is 20.6 Å². The van der Waals surface area contributed by atoms with Gasteiger partial charge in [0, 0.05) is 12.1 Å². The molecule has 0 radical (unpaired) electrons. The number of urea groups is 1. The van der Waals surface area contributed by atoms with Gasteiger partial charge in [-0.2, -0.15) is 0 Å². The second-order valence-corrected chi connectivity index (χ2v) is 7.38. The zero-order valence-corrected chi connectivity index (χ0v) is 18.1. The Kier molecular flexibility index (Phi) is 6.55. The van der Waals surface area contributed by atoms with Gasteiger partial charge < -0.3 is 25.1 Å². The fourth-order valence-corrected chi connectivity index (χ4v) is 3.58. The molecule has 7 heteroatoms. The first kappa shape index (κ1) is 21.2. The summed E-state index contributed by atoms with van der Waals surface area (Å²) in [6.45, 7) is 0.352. The third-order valence-corrected chi connectivity index (χ3v) is 5.27. The number of benzene rings is 3. The number of carbonyl (C=O) groups is 1. The molecule has 0 bridgehead atoms. The maximum atomic E-state index is 12.8. The van der Waals surface area contributed by atoms with Crippen LogP contribution in [0.3, 0.4) is 0 Å². The van der Waals surface area contributed by atoms with Crippen molar-refractivity contribution >= 4 is 17.1 Å². The summed E-state index contributed by atoms with van der Waals surface area (Å²) in [4.78, 5) is 20.8. The van der Waals surface area contributed by atoms with E-state index >= 15 is 0 Å². The second-order valence-electron chi connectivity index (χ2n) is 7.38. The van der Waals surface area contributed by atoms with Crippen molar-refractivity contribution in [3.05, 3.63) is 89.7 Å². The van der Waals surface area contributed by atoms with Crippen molar-refractivity contribution in [2.75, 3.05) is 14.2 Å². The van der Waals surface area contributed by atoms with Crippen LogP contribution in [0.2, 0.25) is 0 Å². The lowest BCUT2D eigenvalue weighted by Gasteiger charge is -2.18. The molecule has 0 saturated carbocycles. The van der Waals surface area contributed by atoms with Crippen molar-refractivity contribution in [3.63, 3.8) is 0 Å². The van der Waals surface area contributed by atoms with E-state index in [1.807, 2.05) is 72.8 Å². The van der Waals surface area contributed by atoms with E-state index in [1.165, 1.54) is 0 Å². The van der Waals surface area contributed by atoms with Gasteiger partial charge in [0.25, 0.3) is 0 Å². The highest BCUT2D eigenvalue weighted by Gasteiger charge is 2.19. The smallest absolute Gasteiger partial charge is 0.315 e. The molecule has 0 aliphatic heterocycles. The van der Waals surface area contributed by atoms with Gasteiger partial charge in [0.2, 0.25) is 0 Å². The molecule has 32 heavy (non-hydrogen) atoms. The number of para-hydroxylation sites is 3. The molecule has 1 heterocycles. The summed E-state index contributed by atoms with van der Waals surface area (Å²) in [6, 6.07) is 22.6. The first-order valence-electron chi connectivity index (χ1n) is 10.4. The largest absolute Gasteiger partial charge is 0.497 e. The van der Waals surface area contributed by atoms with E-state index in [2.05, 4.69) is 15.6 Å². The van der Waals surface area contributed by atoms with Crippen LogP contribution < -0.4 is 20.1 Å². The topological polar surface area (TPSA) is 88.3 Å². The molecule has 3 aromatic carbocycles. The first-order valence-corrected chi connectivity index (χ1v) is 10.4. The fourth-order valence-electron chi connectivity index (χ4n) is 3.58. The number of nitrogens with one attached hydrogen (secondary N) is 3. The lowest BCUT2D eigenvalue weighted by Crippen LogP contribution is -2.38. The fraction of sp³-hybridized carbons (Fsp3) is 0.200.